The van der Waals surface area contributed by atoms with Crippen LogP contribution < -0.4 is 27.4 Å². The lowest BCUT2D eigenvalue weighted by molar-refractivity contribution is -0.143. The maximum absolute atomic E-state index is 13.0. The Morgan fingerprint density at radius 3 is 2.30 bits per heavy atom. The number of fused-ring (bicyclic) bond motifs is 1. The monoisotopic (exact) mass is 556 g/mol. The molecule has 3 aromatic rings. The third-order valence-corrected chi connectivity index (χ3v) is 6.15. The Morgan fingerprint density at radius 1 is 0.975 bits per heavy atom. The van der Waals surface area contributed by atoms with Crippen molar-refractivity contribution < 1.29 is 34.2 Å². The van der Waals surface area contributed by atoms with Gasteiger partial charge >= 0.3 is 5.97 Å². The second-order valence-electron chi connectivity index (χ2n) is 9.31. The predicted molar refractivity (Wildman–Crippen MR) is 141 cm³/mol. The molecule has 4 amide bonds. The molecule has 2 aromatic heterocycles. The number of carboxylic acids is 1. The van der Waals surface area contributed by atoms with Crippen molar-refractivity contribution in [3.8, 4) is 0 Å². The number of H-pyrrole nitrogens is 2. The second kappa shape index (κ2) is 13.3. The van der Waals surface area contributed by atoms with Crippen LogP contribution in [0.3, 0.4) is 0 Å². The number of carbonyl (C=O) groups excluding carboxylic acids is 4. The summed E-state index contributed by atoms with van der Waals surface area (Å²) in [6, 6.07) is 1.76. The molecular formula is C25H32N8O7. The molecule has 5 atom stereocenters. The van der Waals surface area contributed by atoms with Gasteiger partial charge in [-0.15, -0.1) is 0 Å². The van der Waals surface area contributed by atoms with E-state index in [1.165, 1.54) is 19.4 Å². The van der Waals surface area contributed by atoms with E-state index in [0.717, 1.165) is 16.5 Å². The van der Waals surface area contributed by atoms with Gasteiger partial charge in [-0.3, -0.25) is 19.2 Å². The van der Waals surface area contributed by atoms with Crippen molar-refractivity contribution >= 4 is 40.5 Å². The number of hydrogen-bond acceptors (Lipinski definition) is 8. The van der Waals surface area contributed by atoms with Gasteiger partial charge < -0.3 is 47.6 Å². The summed E-state index contributed by atoms with van der Waals surface area (Å²) >= 11 is 0. The molecule has 0 saturated heterocycles. The summed E-state index contributed by atoms with van der Waals surface area (Å²) in [6.07, 6.45) is 2.32. The number of para-hydroxylation sites is 1. The lowest BCUT2D eigenvalue weighted by atomic mass is 10.0. The lowest BCUT2D eigenvalue weighted by Gasteiger charge is -2.26. The maximum atomic E-state index is 13.0. The molecule has 15 heteroatoms. The summed E-state index contributed by atoms with van der Waals surface area (Å²) in [6.45, 7) is 1.20. The molecule has 214 valence electrons. The molecule has 1 aromatic carbocycles. The normalized spacial score (nSPS) is 14.9. The number of aliphatic hydroxyl groups excluding tert-OH is 1. The van der Waals surface area contributed by atoms with Crippen molar-refractivity contribution in [3.05, 3.63) is 54.2 Å². The van der Waals surface area contributed by atoms with Gasteiger partial charge in [0.2, 0.25) is 23.6 Å². The fourth-order valence-electron chi connectivity index (χ4n) is 4.06. The zero-order valence-corrected chi connectivity index (χ0v) is 21.6. The van der Waals surface area contributed by atoms with E-state index in [2.05, 4.69) is 30.9 Å². The van der Waals surface area contributed by atoms with E-state index in [-0.39, 0.29) is 12.8 Å². The molecule has 0 bridgehead atoms. The van der Waals surface area contributed by atoms with E-state index in [4.69, 9.17) is 11.5 Å². The number of carboxylic acid groups (broad SMARTS) is 1. The summed E-state index contributed by atoms with van der Waals surface area (Å²) in [5.41, 5.74) is 13.4. The maximum Gasteiger partial charge on any atom is 0.326 e. The van der Waals surface area contributed by atoms with Crippen molar-refractivity contribution in [2.24, 2.45) is 11.5 Å². The van der Waals surface area contributed by atoms with Crippen molar-refractivity contribution in [1.29, 1.82) is 0 Å². The van der Waals surface area contributed by atoms with E-state index in [1.54, 1.807) is 6.20 Å². The Balaban J connectivity index is 1.67. The van der Waals surface area contributed by atoms with Crippen LogP contribution in [0.25, 0.3) is 10.9 Å². The zero-order valence-electron chi connectivity index (χ0n) is 21.6. The molecule has 15 nitrogen and oxygen atoms in total. The van der Waals surface area contributed by atoms with Gasteiger partial charge in [0.1, 0.15) is 18.1 Å². The number of aliphatic carboxylic acids is 1. The quantitative estimate of drug-likeness (QED) is 0.104. The Hall–Kier alpha value is -4.76. The van der Waals surface area contributed by atoms with Crippen molar-refractivity contribution in [2.75, 3.05) is 0 Å². The van der Waals surface area contributed by atoms with E-state index >= 15 is 0 Å². The molecule has 3 rings (SSSR count). The van der Waals surface area contributed by atoms with Gasteiger partial charge in [-0.25, -0.2) is 9.78 Å². The number of aliphatic hydroxyl groups is 1. The molecule has 40 heavy (non-hydrogen) atoms. The minimum Gasteiger partial charge on any atom is -0.480 e. The summed E-state index contributed by atoms with van der Waals surface area (Å²) in [4.78, 5) is 71.6. The Kier molecular flexibility index (Phi) is 9.94. The minimum atomic E-state index is -1.62. The first-order valence-electron chi connectivity index (χ1n) is 12.3. The van der Waals surface area contributed by atoms with Crippen LogP contribution in [-0.2, 0) is 36.8 Å². The molecular weight excluding hydrogens is 524 g/mol. The first-order valence-corrected chi connectivity index (χ1v) is 12.3. The fourth-order valence-corrected chi connectivity index (χ4v) is 4.06. The summed E-state index contributed by atoms with van der Waals surface area (Å²) in [5, 5.41) is 27.4. The largest absolute Gasteiger partial charge is 0.480 e. The average Bonchev–Trinajstić information content (AvgIpc) is 3.55. The smallest absolute Gasteiger partial charge is 0.326 e. The number of aromatic nitrogens is 3. The molecule has 0 aliphatic rings. The second-order valence-corrected chi connectivity index (χ2v) is 9.31. The van der Waals surface area contributed by atoms with Crippen molar-refractivity contribution in [2.45, 2.75) is 56.5 Å². The number of primary amides is 1. The molecule has 0 spiro atoms. The van der Waals surface area contributed by atoms with Crippen molar-refractivity contribution in [3.63, 3.8) is 0 Å². The van der Waals surface area contributed by atoms with Gasteiger partial charge in [0.15, 0.2) is 0 Å². The average molecular weight is 557 g/mol. The number of nitrogens with one attached hydrogen (secondary N) is 5. The predicted octanol–water partition coefficient (Wildman–Crippen LogP) is -2.20. The molecule has 11 N–H and O–H groups in total. The topological polar surface area (TPSA) is 258 Å². The van der Waals surface area contributed by atoms with E-state index < -0.39 is 66.3 Å². The van der Waals surface area contributed by atoms with E-state index in [1.807, 2.05) is 24.3 Å². The van der Waals surface area contributed by atoms with Crippen LogP contribution in [0.1, 0.15) is 24.6 Å². The number of rotatable bonds is 14. The molecule has 5 unspecified atom stereocenters. The number of benzene rings is 1. The zero-order chi connectivity index (χ0) is 29.4. The van der Waals surface area contributed by atoms with Gasteiger partial charge in [-0.2, -0.15) is 0 Å². The van der Waals surface area contributed by atoms with Crippen LogP contribution in [0.2, 0.25) is 0 Å². The van der Waals surface area contributed by atoms with Crippen molar-refractivity contribution in [1.82, 2.24) is 30.9 Å². The highest BCUT2D eigenvalue weighted by Crippen LogP contribution is 2.18. The molecule has 0 saturated carbocycles. The first kappa shape index (κ1) is 29.8. The minimum absolute atomic E-state index is 0.117. The van der Waals surface area contributed by atoms with E-state index in [9.17, 15) is 34.2 Å². The van der Waals surface area contributed by atoms with Gasteiger partial charge in [0, 0.05) is 35.4 Å². The lowest BCUT2D eigenvalue weighted by Crippen LogP contribution is -2.60. The Labute approximate surface area is 228 Å². The number of amides is 4. The van der Waals surface area contributed by atoms with Gasteiger partial charge in [-0.1, -0.05) is 18.2 Å². The van der Waals surface area contributed by atoms with Gasteiger partial charge in [-0.05, 0) is 25.0 Å². The highest BCUT2D eigenvalue weighted by Gasteiger charge is 2.33. The number of carbonyl (C=O) groups is 5. The third kappa shape index (κ3) is 7.87. The summed E-state index contributed by atoms with van der Waals surface area (Å²) < 4.78 is 0. The number of nitrogens with zero attached hydrogens (tertiary/aromatic N) is 1. The Morgan fingerprint density at radius 2 is 1.68 bits per heavy atom. The van der Waals surface area contributed by atoms with Crippen LogP contribution >= 0.6 is 0 Å². The van der Waals surface area contributed by atoms with Gasteiger partial charge in [0.05, 0.1) is 24.9 Å². The van der Waals surface area contributed by atoms with Crippen LogP contribution in [0.5, 0.6) is 0 Å². The van der Waals surface area contributed by atoms with E-state index in [0.29, 0.717) is 5.69 Å². The molecule has 0 aliphatic carbocycles. The number of hydrogen-bond donors (Lipinski definition) is 9. The fraction of sp³-hybridized carbons (Fsp3) is 0.360. The standard InChI is InChI=1S/C25H32N8O7/c1-12(34)21(24(38)32-19(25(39)40)7-14-10-28-11-30-14)33-23(37)18(8-20(27)35)31-22(36)16(26)6-13-9-29-17-5-3-2-4-15(13)17/h2-5,9-12,16,18-19,21,29,34H,6-8,26H2,1H3,(H2,27,35)(H,28,30)(H,31,36)(H,32,38)(H,33,37)(H,39,40). The third-order valence-electron chi connectivity index (χ3n) is 6.15. The molecule has 2 heterocycles. The number of imidazole rings is 1. The van der Waals surface area contributed by atoms with Gasteiger partial charge in [0.25, 0.3) is 0 Å². The number of aromatic amines is 2. The highest BCUT2D eigenvalue weighted by molar-refractivity contribution is 5.96. The van der Waals surface area contributed by atoms with Crippen LogP contribution in [0.15, 0.2) is 43.0 Å². The molecule has 0 fully saturated rings. The molecule has 0 aliphatic heterocycles. The summed E-state index contributed by atoms with van der Waals surface area (Å²) in [5.74, 6) is -5.05. The molecule has 0 radical (unpaired) electrons. The summed E-state index contributed by atoms with van der Waals surface area (Å²) in [7, 11) is 0. The van der Waals surface area contributed by atoms with Crippen LogP contribution in [-0.4, -0.2) is 85.0 Å². The van der Waals surface area contributed by atoms with Crippen LogP contribution in [0, 0.1) is 0 Å². The first-order chi connectivity index (χ1) is 19.0. The highest BCUT2D eigenvalue weighted by atomic mass is 16.4. The SMILES string of the molecule is CC(O)C(NC(=O)C(CC(N)=O)NC(=O)C(N)Cc1c[nH]c2ccccc12)C(=O)NC(Cc1cnc[nH]1)C(=O)O. The van der Waals surface area contributed by atoms with Crippen LogP contribution in [0.4, 0.5) is 0 Å². The number of nitrogens with two attached hydrogens (primary N) is 2. The Bertz CT molecular complexity index is 1350.